The summed E-state index contributed by atoms with van der Waals surface area (Å²) in [6.07, 6.45) is 2.51. The van der Waals surface area contributed by atoms with Crippen molar-refractivity contribution in [2.45, 2.75) is 38.3 Å². The molecular weight excluding hydrogens is 379 g/mol. The van der Waals surface area contributed by atoms with E-state index in [0.29, 0.717) is 39.0 Å². The zero-order valence-corrected chi connectivity index (χ0v) is 16.2. The Morgan fingerprint density at radius 1 is 1.28 bits per heavy atom. The molecule has 2 aliphatic rings. The van der Waals surface area contributed by atoms with Crippen LogP contribution in [0.3, 0.4) is 0 Å². The quantitative estimate of drug-likeness (QED) is 0.765. The van der Waals surface area contributed by atoms with Gasteiger partial charge >= 0.3 is 0 Å². The van der Waals surface area contributed by atoms with Crippen LogP contribution in [-0.4, -0.2) is 40.8 Å². The molecule has 1 aliphatic carbocycles. The van der Waals surface area contributed by atoms with E-state index >= 15 is 0 Å². The number of hydrogen-bond acceptors (Lipinski definition) is 5. The molecule has 29 heavy (non-hydrogen) atoms. The van der Waals surface area contributed by atoms with E-state index in [1.165, 1.54) is 6.07 Å². The Morgan fingerprint density at radius 2 is 2.07 bits per heavy atom. The molecule has 1 saturated heterocycles. The number of piperazine rings is 1. The summed E-state index contributed by atoms with van der Waals surface area (Å²) in [6.45, 7) is 4.31. The first-order valence-electron chi connectivity index (χ1n) is 9.77. The van der Waals surface area contributed by atoms with Gasteiger partial charge in [-0.3, -0.25) is 4.90 Å². The predicted octanol–water partition coefficient (Wildman–Crippen LogP) is 3.70. The summed E-state index contributed by atoms with van der Waals surface area (Å²) in [4.78, 5) is 4.05. The van der Waals surface area contributed by atoms with Gasteiger partial charge in [0.2, 0.25) is 0 Å². The number of hydrogen-bond donors (Lipinski definition) is 0. The number of benzene rings is 1. The van der Waals surface area contributed by atoms with Gasteiger partial charge in [0.25, 0.3) is 5.92 Å². The maximum absolute atomic E-state index is 14.6. The van der Waals surface area contributed by atoms with Crippen LogP contribution < -0.4 is 4.90 Å². The molecule has 0 amide bonds. The number of nitriles is 1. The van der Waals surface area contributed by atoms with Crippen LogP contribution in [-0.2, 0) is 12.5 Å². The van der Waals surface area contributed by atoms with Crippen LogP contribution in [0.5, 0.6) is 0 Å². The van der Waals surface area contributed by atoms with Crippen molar-refractivity contribution in [2.24, 2.45) is 5.92 Å². The van der Waals surface area contributed by atoms with Gasteiger partial charge in [-0.05, 0) is 44.0 Å². The largest absolute Gasteiger partial charge is 0.368 e. The Labute approximate surface area is 167 Å². The zero-order chi connectivity index (χ0) is 20.6. The lowest BCUT2D eigenvalue weighted by Crippen LogP contribution is -2.51. The molecule has 0 N–H and O–H groups in total. The van der Waals surface area contributed by atoms with Gasteiger partial charge in [-0.2, -0.15) is 15.5 Å². The lowest BCUT2D eigenvalue weighted by molar-refractivity contribution is -0.0287. The van der Waals surface area contributed by atoms with Crippen LogP contribution in [0, 0.1) is 23.1 Å². The minimum Gasteiger partial charge on any atom is -0.368 e. The first-order valence-corrected chi connectivity index (χ1v) is 9.77. The minimum absolute atomic E-state index is 0.0768. The van der Waals surface area contributed by atoms with Gasteiger partial charge in [0.15, 0.2) is 0 Å². The molecule has 4 rings (SSSR count). The van der Waals surface area contributed by atoms with Crippen LogP contribution in [0.1, 0.15) is 36.6 Å². The third kappa shape index (κ3) is 3.92. The van der Waals surface area contributed by atoms with Gasteiger partial charge in [-0.15, -0.1) is 0 Å². The normalized spacial score (nSPS) is 20.5. The standard InChI is InChI=1S/C21H22F3N5/c1-14-12-29(8-7-28(14)13-17-3-2-6-26-27-17)20-10-16(9-19(22)18(20)11-25)21(23,24)15-4-5-15/h2-3,6,9-10,14-15H,4-5,7-8,12-13H2,1H3/t14-/m0/s1. The summed E-state index contributed by atoms with van der Waals surface area (Å²) in [6, 6.07) is 7.80. The fraction of sp³-hybridized carbons (Fsp3) is 0.476. The number of anilines is 1. The topological polar surface area (TPSA) is 56.1 Å². The van der Waals surface area contributed by atoms with E-state index in [-0.39, 0.29) is 22.9 Å². The molecule has 1 saturated carbocycles. The van der Waals surface area contributed by atoms with Crippen molar-refractivity contribution in [3.05, 3.63) is 53.1 Å². The van der Waals surface area contributed by atoms with E-state index in [1.807, 2.05) is 30.0 Å². The monoisotopic (exact) mass is 401 g/mol. The fourth-order valence-electron chi connectivity index (χ4n) is 3.90. The average Bonchev–Trinajstić information content (AvgIpc) is 3.55. The third-order valence-electron chi connectivity index (χ3n) is 5.75. The van der Waals surface area contributed by atoms with Crippen LogP contribution in [0.25, 0.3) is 0 Å². The summed E-state index contributed by atoms with van der Waals surface area (Å²) >= 11 is 0. The lowest BCUT2D eigenvalue weighted by Gasteiger charge is -2.41. The number of rotatable bonds is 5. The van der Waals surface area contributed by atoms with E-state index < -0.39 is 17.7 Å². The number of aromatic nitrogens is 2. The maximum Gasteiger partial charge on any atom is 0.276 e. The van der Waals surface area contributed by atoms with Crippen LogP contribution in [0.4, 0.5) is 18.9 Å². The Bertz CT molecular complexity index is 924. The Hall–Kier alpha value is -2.66. The molecule has 1 aromatic carbocycles. The number of halogens is 3. The second-order valence-corrected chi connectivity index (χ2v) is 7.84. The molecule has 0 radical (unpaired) electrons. The maximum atomic E-state index is 14.6. The molecule has 2 fully saturated rings. The SMILES string of the molecule is C[C@H]1CN(c2cc(C(F)(F)C3CC3)cc(F)c2C#N)CCN1Cc1cccnn1. The van der Waals surface area contributed by atoms with E-state index in [2.05, 4.69) is 15.1 Å². The third-order valence-corrected chi connectivity index (χ3v) is 5.75. The van der Waals surface area contributed by atoms with Gasteiger partial charge in [0.05, 0.1) is 11.4 Å². The van der Waals surface area contributed by atoms with E-state index in [4.69, 9.17) is 0 Å². The van der Waals surface area contributed by atoms with Crippen LogP contribution in [0.2, 0.25) is 0 Å². The predicted molar refractivity (Wildman–Crippen MR) is 102 cm³/mol. The van der Waals surface area contributed by atoms with Gasteiger partial charge in [-0.1, -0.05) is 0 Å². The van der Waals surface area contributed by atoms with Crippen molar-refractivity contribution in [1.82, 2.24) is 15.1 Å². The zero-order valence-electron chi connectivity index (χ0n) is 16.2. The van der Waals surface area contributed by atoms with Crippen molar-refractivity contribution in [1.29, 1.82) is 5.26 Å². The highest BCUT2D eigenvalue weighted by Gasteiger charge is 2.48. The molecule has 8 heteroatoms. The van der Waals surface area contributed by atoms with Gasteiger partial charge in [-0.25, -0.2) is 13.2 Å². The van der Waals surface area contributed by atoms with Crippen molar-refractivity contribution >= 4 is 5.69 Å². The molecule has 2 aromatic rings. The first kappa shape index (κ1) is 19.6. The summed E-state index contributed by atoms with van der Waals surface area (Å²) < 4.78 is 43.7. The summed E-state index contributed by atoms with van der Waals surface area (Å²) in [5, 5.41) is 17.4. The molecule has 1 atom stereocenters. The number of alkyl halides is 2. The molecule has 152 valence electrons. The molecule has 5 nitrogen and oxygen atoms in total. The summed E-state index contributed by atoms with van der Waals surface area (Å²) in [5.74, 6) is -4.68. The van der Waals surface area contributed by atoms with E-state index in [9.17, 15) is 18.4 Å². The summed E-state index contributed by atoms with van der Waals surface area (Å²) in [7, 11) is 0. The molecule has 0 bridgehead atoms. The van der Waals surface area contributed by atoms with Crippen LogP contribution in [0.15, 0.2) is 30.5 Å². The van der Waals surface area contributed by atoms with Gasteiger partial charge < -0.3 is 4.90 Å². The highest BCUT2D eigenvalue weighted by molar-refractivity contribution is 5.62. The second-order valence-electron chi connectivity index (χ2n) is 7.84. The van der Waals surface area contributed by atoms with E-state index in [1.54, 1.807) is 6.20 Å². The Morgan fingerprint density at radius 3 is 2.69 bits per heavy atom. The lowest BCUT2D eigenvalue weighted by atomic mass is 9.99. The second kappa shape index (κ2) is 7.64. The van der Waals surface area contributed by atoms with Crippen molar-refractivity contribution < 1.29 is 13.2 Å². The molecule has 2 heterocycles. The first-order chi connectivity index (χ1) is 13.9. The van der Waals surface area contributed by atoms with Gasteiger partial charge in [0.1, 0.15) is 17.4 Å². The average molecular weight is 401 g/mol. The molecular formula is C21H22F3N5. The van der Waals surface area contributed by atoms with Crippen molar-refractivity contribution in [3.63, 3.8) is 0 Å². The molecule has 1 aromatic heterocycles. The fourth-order valence-corrected chi connectivity index (χ4v) is 3.90. The highest BCUT2D eigenvalue weighted by Crippen LogP contribution is 2.50. The molecule has 0 unspecified atom stereocenters. The number of nitrogens with zero attached hydrogens (tertiary/aromatic N) is 5. The van der Waals surface area contributed by atoms with Crippen molar-refractivity contribution in [3.8, 4) is 6.07 Å². The van der Waals surface area contributed by atoms with E-state index in [0.717, 1.165) is 11.8 Å². The van der Waals surface area contributed by atoms with Crippen molar-refractivity contribution in [2.75, 3.05) is 24.5 Å². The highest BCUT2D eigenvalue weighted by atomic mass is 19.3. The molecule has 1 aliphatic heterocycles. The minimum atomic E-state index is -3.07. The summed E-state index contributed by atoms with van der Waals surface area (Å²) in [5.41, 5.74) is 0.604. The van der Waals surface area contributed by atoms with Crippen LogP contribution >= 0.6 is 0 Å². The Kier molecular flexibility index (Phi) is 5.17. The smallest absolute Gasteiger partial charge is 0.276 e. The van der Waals surface area contributed by atoms with Gasteiger partial charge in [0, 0.05) is 49.9 Å². The Balaban J connectivity index is 1.57. The molecule has 0 spiro atoms.